The minimum absolute atomic E-state index is 0.0191. The summed E-state index contributed by atoms with van der Waals surface area (Å²) in [6.45, 7) is 1.98. The zero-order valence-electron chi connectivity index (χ0n) is 13.1. The number of hydrogen-bond acceptors (Lipinski definition) is 4. The SMILES string of the molecule is COc1ccc(Cl)cc1-c1nc(SC(C)c2cccc(F)c2)n[nH]1. The maximum Gasteiger partial charge on any atom is 0.209 e. The van der Waals surface area contributed by atoms with E-state index < -0.39 is 0 Å². The Morgan fingerprint density at radius 2 is 2.08 bits per heavy atom. The number of ether oxygens (including phenoxy) is 1. The molecule has 1 aromatic heterocycles. The van der Waals surface area contributed by atoms with Crippen LogP contribution in [0.2, 0.25) is 5.02 Å². The Morgan fingerprint density at radius 1 is 1.25 bits per heavy atom. The topological polar surface area (TPSA) is 50.8 Å². The Hall–Kier alpha value is -2.05. The number of benzene rings is 2. The molecule has 0 saturated heterocycles. The average molecular weight is 364 g/mol. The van der Waals surface area contributed by atoms with Crippen molar-refractivity contribution < 1.29 is 9.13 Å². The molecule has 1 heterocycles. The number of thioether (sulfide) groups is 1. The van der Waals surface area contributed by atoms with Crippen LogP contribution in [0.3, 0.4) is 0 Å². The molecule has 3 aromatic rings. The fourth-order valence-corrected chi connectivity index (χ4v) is 3.28. The molecule has 0 saturated carbocycles. The van der Waals surface area contributed by atoms with Crippen molar-refractivity contribution in [1.29, 1.82) is 0 Å². The van der Waals surface area contributed by atoms with E-state index in [1.807, 2.05) is 13.0 Å². The summed E-state index contributed by atoms with van der Waals surface area (Å²) in [6.07, 6.45) is 0. The predicted octanol–water partition coefficient (Wildman–Crippen LogP) is 5.13. The van der Waals surface area contributed by atoms with Crippen molar-refractivity contribution in [1.82, 2.24) is 15.2 Å². The minimum Gasteiger partial charge on any atom is -0.496 e. The van der Waals surface area contributed by atoms with Crippen molar-refractivity contribution in [3.05, 3.63) is 58.9 Å². The minimum atomic E-state index is -0.251. The number of H-pyrrole nitrogens is 1. The van der Waals surface area contributed by atoms with Gasteiger partial charge in [0.1, 0.15) is 11.6 Å². The second kappa shape index (κ2) is 7.23. The van der Waals surface area contributed by atoms with E-state index in [1.165, 1.54) is 23.9 Å². The van der Waals surface area contributed by atoms with Crippen molar-refractivity contribution in [3.8, 4) is 17.1 Å². The molecule has 4 nitrogen and oxygen atoms in total. The summed E-state index contributed by atoms with van der Waals surface area (Å²) in [6, 6.07) is 11.8. The van der Waals surface area contributed by atoms with Crippen molar-refractivity contribution in [3.63, 3.8) is 0 Å². The molecule has 7 heteroatoms. The molecule has 1 atom stereocenters. The number of hydrogen-bond donors (Lipinski definition) is 1. The van der Waals surface area contributed by atoms with Crippen molar-refractivity contribution >= 4 is 23.4 Å². The number of aromatic nitrogens is 3. The van der Waals surface area contributed by atoms with E-state index in [0.29, 0.717) is 21.8 Å². The van der Waals surface area contributed by atoms with E-state index in [1.54, 1.807) is 31.4 Å². The molecule has 0 fully saturated rings. The highest BCUT2D eigenvalue weighted by Gasteiger charge is 2.15. The lowest BCUT2D eigenvalue weighted by Crippen LogP contribution is -1.91. The zero-order valence-corrected chi connectivity index (χ0v) is 14.7. The van der Waals surface area contributed by atoms with Crippen LogP contribution in [0.25, 0.3) is 11.4 Å². The standard InChI is InChI=1S/C17H15ClFN3OS/c1-10(11-4-3-5-13(19)8-11)24-17-20-16(21-22-17)14-9-12(18)6-7-15(14)23-2/h3-10H,1-2H3,(H,20,21,22). The van der Waals surface area contributed by atoms with E-state index in [4.69, 9.17) is 16.3 Å². The van der Waals surface area contributed by atoms with Gasteiger partial charge in [-0.15, -0.1) is 5.10 Å². The van der Waals surface area contributed by atoms with Crippen LogP contribution in [-0.2, 0) is 0 Å². The Bertz CT molecular complexity index is 855. The summed E-state index contributed by atoms with van der Waals surface area (Å²) in [5, 5.41) is 8.30. The molecule has 0 aliphatic carbocycles. The van der Waals surface area contributed by atoms with Crippen molar-refractivity contribution in [2.45, 2.75) is 17.3 Å². The normalized spacial score (nSPS) is 12.2. The van der Waals surface area contributed by atoms with Gasteiger partial charge in [0.15, 0.2) is 5.82 Å². The first-order valence-electron chi connectivity index (χ1n) is 7.25. The van der Waals surface area contributed by atoms with Crippen LogP contribution in [0.1, 0.15) is 17.7 Å². The first-order chi connectivity index (χ1) is 11.6. The molecule has 1 unspecified atom stereocenters. The first kappa shape index (κ1) is 16.8. The molecule has 0 radical (unpaired) electrons. The van der Waals surface area contributed by atoms with Gasteiger partial charge in [-0.05, 0) is 42.8 Å². The summed E-state index contributed by atoms with van der Waals surface area (Å²) in [7, 11) is 1.59. The summed E-state index contributed by atoms with van der Waals surface area (Å²) >= 11 is 7.50. The van der Waals surface area contributed by atoms with Gasteiger partial charge in [0.05, 0.1) is 12.7 Å². The van der Waals surface area contributed by atoms with Gasteiger partial charge in [-0.3, -0.25) is 5.10 Å². The molecule has 0 bridgehead atoms. The van der Waals surface area contributed by atoms with Gasteiger partial charge in [-0.1, -0.05) is 35.5 Å². The number of aromatic amines is 1. The van der Waals surface area contributed by atoms with E-state index in [-0.39, 0.29) is 11.1 Å². The molecule has 0 aliphatic heterocycles. The zero-order chi connectivity index (χ0) is 17.1. The monoisotopic (exact) mass is 363 g/mol. The second-order valence-corrected chi connectivity index (χ2v) is 6.87. The smallest absolute Gasteiger partial charge is 0.209 e. The molecule has 0 aliphatic rings. The van der Waals surface area contributed by atoms with E-state index in [2.05, 4.69) is 15.2 Å². The van der Waals surface area contributed by atoms with Crippen LogP contribution >= 0.6 is 23.4 Å². The van der Waals surface area contributed by atoms with Gasteiger partial charge in [0.2, 0.25) is 5.16 Å². The van der Waals surface area contributed by atoms with Crippen LogP contribution in [0.15, 0.2) is 47.6 Å². The van der Waals surface area contributed by atoms with Crippen LogP contribution in [0, 0.1) is 5.82 Å². The lowest BCUT2D eigenvalue weighted by atomic mass is 10.2. The molecule has 2 aromatic carbocycles. The number of rotatable bonds is 5. The fourth-order valence-electron chi connectivity index (χ4n) is 2.27. The molecule has 0 amide bonds. The first-order valence-corrected chi connectivity index (χ1v) is 8.51. The van der Waals surface area contributed by atoms with E-state index in [9.17, 15) is 4.39 Å². The third kappa shape index (κ3) is 3.71. The van der Waals surface area contributed by atoms with Gasteiger partial charge in [0.25, 0.3) is 0 Å². The largest absolute Gasteiger partial charge is 0.496 e. The van der Waals surface area contributed by atoms with Gasteiger partial charge in [-0.25, -0.2) is 9.37 Å². The number of halogens is 2. The lowest BCUT2D eigenvalue weighted by molar-refractivity contribution is 0.416. The third-order valence-corrected chi connectivity index (χ3v) is 4.74. The average Bonchev–Trinajstić information content (AvgIpc) is 3.03. The number of nitrogens with one attached hydrogen (secondary N) is 1. The van der Waals surface area contributed by atoms with E-state index in [0.717, 1.165) is 11.1 Å². The summed E-state index contributed by atoms with van der Waals surface area (Å²) in [5.41, 5.74) is 1.62. The quantitative estimate of drug-likeness (QED) is 0.639. The second-order valence-electron chi connectivity index (χ2n) is 5.13. The van der Waals surface area contributed by atoms with Crippen LogP contribution < -0.4 is 4.74 Å². The lowest BCUT2D eigenvalue weighted by Gasteiger charge is -2.08. The Labute approximate surface area is 148 Å². The molecule has 0 spiro atoms. The van der Waals surface area contributed by atoms with Gasteiger partial charge < -0.3 is 4.74 Å². The molecule has 124 valence electrons. The van der Waals surface area contributed by atoms with Crippen molar-refractivity contribution in [2.75, 3.05) is 7.11 Å². The van der Waals surface area contributed by atoms with Gasteiger partial charge in [0, 0.05) is 10.3 Å². The molecule has 1 N–H and O–H groups in total. The fraction of sp³-hybridized carbons (Fsp3) is 0.176. The van der Waals surface area contributed by atoms with Gasteiger partial charge in [-0.2, -0.15) is 0 Å². The van der Waals surface area contributed by atoms with Crippen molar-refractivity contribution in [2.24, 2.45) is 0 Å². The molecular formula is C17H15ClFN3OS. The summed E-state index contributed by atoms with van der Waals surface area (Å²) in [4.78, 5) is 4.48. The molecular weight excluding hydrogens is 349 g/mol. The molecule has 3 rings (SSSR count). The Kier molecular flexibility index (Phi) is 5.06. The summed E-state index contributed by atoms with van der Waals surface area (Å²) in [5.74, 6) is 0.980. The Balaban J connectivity index is 1.82. The van der Waals surface area contributed by atoms with E-state index >= 15 is 0 Å². The van der Waals surface area contributed by atoms with Crippen LogP contribution in [0.4, 0.5) is 4.39 Å². The van der Waals surface area contributed by atoms with Crippen LogP contribution in [-0.4, -0.2) is 22.3 Å². The summed E-state index contributed by atoms with van der Waals surface area (Å²) < 4.78 is 18.7. The van der Waals surface area contributed by atoms with Gasteiger partial charge >= 0.3 is 0 Å². The number of nitrogens with zero attached hydrogens (tertiary/aromatic N) is 2. The highest BCUT2D eigenvalue weighted by atomic mass is 35.5. The van der Waals surface area contributed by atoms with Crippen LogP contribution in [0.5, 0.6) is 5.75 Å². The number of methoxy groups -OCH3 is 1. The highest BCUT2D eigenvalue weighted by molar-refractivity contribution is 7.99. The third-order valence-electron chi connectivity index (χ3n) is 3.48. The maximum absolute atomic E-state index is 13.3. The maximum atomic E-state index is 13.3. The highest BCUT2D eigenvalue weighted by Crippen LogP contribution is 2.35. The molecule has 24 heavy (non-hydrogen) atoms. The Morgan fingerprint density at radius 3 is 2.83 bits per heavy atom. The predicted molar refractivity (Wildman–Crippen MR) is 94.1 cm³/mol.